The third-order valence-corrected chi connectivity index (χ3v) is 2.99. The maximum absolute atomic E-state index is 5.82. The second-order valence-corrected chi connectivity index (χ2v) is 4.60. The molecule has 0 fully saturated rings. The first-order valence-electron chi connectivity index (χ1n) is 7.12. The molecule has 1 aromatic carbocycles. The van der Waals surface area contributed by atoms with Crippen molar-refractivity contribution in [1.29, 1.82) is 0 Å². The fourth-order valence-electron chi connectivity index (χ4n) is 2.01. The summed E-state index contributed by atoms with van der Waals surface area (Å²) in [5, 5.41) is 0. The van der Waals surface area contributed by atoms with Crippen LogP contribution in [0.4, 0.5) is 0 Å². The highest BCUT2D eigenvalue weighted by Crippen LogP contribution is 2.28. The van der Waals surface area contributed by atoms with Crippen LogP contribution in [0.1, 0.15) is 12.5 Å². The van der Waals surface area contributed by atoms with E-state index in [2.05, 4.69) is 18.1 Å². The van der Waals surface area contributed by atoms with Crippen LogP contribution in [-0.4, -0.2) is 38.3 Å². The Morgan fingerprint density at radius 1 is 1.14 bits per heavy atom. The molecule has 1 rings (SSSR count). The van der Waals surface area contributed by atoms with Crippen molar-refractivity contribution in [2.75, 3.05) is 33.4 Å². The van der Waals surface area contributed by atoms with Crippen LogP contribution in [0, 0.1) is 0 Å². The van der Waals surface area contributed by atoms with Crippen LogP contribution >= 0.6 is 0 Å². The summed E-state index contributed by atoms with van der Waals surface area (Å²) in [5.74, 6) is 1.52. The van der Waals surface area contributed by atoms with Gasteiger partial charge in [-0.2, -0.15) is 0 Å². The van der Waals surface area contributed by atoms with Gasteiger partial charge in [0, 0.05) is 19.6 Å². The summed E-state index contributed by atoms with van der Waals surface area (Å²) in [4.78, 5) is 2.21. The third kappa shape index (κ3) is 5.88. The molecule has 0 N–H and O–H groups in total. The molecule has 0 unspecified atom stereocenters. The fraction of sp³-hybridized carbons (Fsp3) is 0.333. The number of allylic oxidation sites excluding steroid dienone is 1. The molecule has 3 heteroatoms. The average Bonchev–Trinajstić information content (AvgIpc) is 2.49. The van der Waals surface area contributed by atoms with E-state index < -0.39 is 0 Å². The zero-order valence-electron chi connectivity index (χ0n) is 13.0. The number of rotatable bonds is 10. The van der Waals surface area contributed by atoms with Gasteiger partial charge in [0.25, 0.3) is 0 Å². The predicted octanol–water partition coefficient (Wildman–Crippen LogP) is 3.78. The highest BCUT2D eigenvalue weighted by molar-refractivity contribution is 5.55. The molecule has 0 radical (unpaired) electrons. The van der Waals surface area contributed by atoms with Crippen LogP contribution < -0.4 is 9.47 Å². The van der Waals surface area contributed by atoms with Crippen molar-refractivity contribution >= 4 is 6.08 Å². The second-order valence-electron chi connectivity index (χ2n) is 4.60. The van der Waals surface area contributed by atoms with Crippen molar-refractivity contribution in [3.05, 3.63) is 55.1 Å². The van der Waals surface area contributed by atoms with Crippen molar-refractivity contribution in [3.63, 3.8) is 0 Å². The molecule has 21 heavy (non-hydrogen) atoms. The van der Waals surface area contributed by atoms with E-state index >= 15 is 0 Å². The van der Waals surface area contributed by atoms with E-state index in [1.54, 1.807) is 7.11 Å². The van der Waals surface area contributed by atoms with Crippen LogP contribution in [0.5, 0.6) is 11.5 Å². The summed E-state index contributed by atoms with van der Waals surface area (Å²) in [6.07, 6.45) is 7.80. The van der Waals surface area contributed by atoms with E-state index in [-0.39, 0.29) is 0 Å². The number of nitrogens with zero attached hydrogens (tertiary/aromatic N) is 1. The van der Waals surface area contributed by atoms with E-state index in [1.165, 1.54) is 0 Å². The lowest BCUT2D eigenvalue weighted by Crippen LogP contribution is -2.28. The van der Waals surface area contributed by atoms with Gasteiger partial charge in [-0.3, -0.25) is 4.90 Å². The first kappa shape index (κ1) is 17.1. The minimum atomic E-state index is 0.598. The Morgan fingerprint density at radius 2 is 1.86 bits per heavy atom. The third-order valence-electron chi connectivity index (χ3n) is 2.99. The smallest absolute Gasteiger partial charge is 0.161 e. The zero-order chi connectivity index (χ0) is 15.5. The molecular weight excluding hydrogens is 262 g/mol. The van der Waals surface area contributed by atoms with Gasteiger partial charge in [-0.1, -0.05) is 30.4 Å². The molecule has 0 aliphatic carbocycles. The lowest BCUT2D eigenvalue weighted by Gasteiger charge is -2.19. The normalized spacial score (nSPS) is 10.8. The molecule has 1 aromatic rings. The molecule has 0 atom stereocenters. The maximum atomic E-state index is 5.82. The van der Waals surface area contributed by atoms with Gasteiger partial charge in [0.1, 0.15) is 6.61 Å². The largest absolute Gasteiger partial charge is 0.493 e. The standard InChI is InChI=1S/C18H25NO2/c1-5-8-16-9-10-17(18(15-16)20-4)21-14-13-19(11-6-2)12-7-3/h5-10,15H,2-3,11-14H2,1,4H3/b8-5+. The first-order chi connectivity index (χ1) is 10.2. The number of ether oxygens (including phenoxy) is 2. The number of hydrogen-bond donors (Lipinski definition) is 0. The van der Waals surface area contributed by atoms with Crippen molar-refractivity contribution < 1.29 is 9.47 Å². The molecular formula is C18H25NO2. The molecule has 0 aromatic heterocycles. The number of methoxy groups -OCH3 is 1. The van der Waals surface area contributed by atoms with Gasteiger partial charge in [0.15, 0.2) is 11.5 Å². The van der Waals surface area contributed by atoms with Gasteiger partial charge >= 0.3 is 0 Å². The molecule has 3 nitrogen and oxygen atoms in total. The lowest BCUT2D eigenvalue weighted by atomic mass is 10.2. The molecule has 0 saturated heterocycles. The Morgan fingerprint density at radius 3 is 2.43 bits per heavy atom. The van der Waals surface area contributed by atoms with Gasteiger partial charge < -0.3 is 9.47 Å². The zero-order valence-corrected chi connectivity index (χ0v) is 13.0. The van der Waals surface area contributed by atoms with Crippen molar-refractivity contribution in [1.82, 2.24) is 4.90 Å². The van der Waals surface area contributed by atoms with E-state index in [0.29, 0.717) is 6.61 Å². The molecule has 114 valence electrons. The Hall–Kier alpha value is -2.00. The topological polar surface area (TPSA) is 21.7 Å². The monoisotopic (exact) mass is 287 g/mol. The van der Waals surface area contributed by atoms with Crippen molar-refractivity contribution in [2.45, 2.75) is 6.92 Å². The summed E-state index contributed by atoms with van der Waals surface area (Å²) in [7, 11) is 1.66. The Labute approximate surface area is 128 Å². The quantitative estimate of drug-likeness (QED) is 0.611. The van der Waals surface area contributed by atoms with Crippen LogP contribution in [0.2, 0.25) is 0 Å². The van der Waals surface area contributed by atoms with Crippen LogP contribution in [-0.2, 0) is 0 Å². The SMILES string of the molecule is C=CCN(CC=C)CCOc1ccc(/C=C/C)cc1OC. The first-order valence-corrected chi connectivity index (χ1v) is 7.12. The van der Waals surface area contributed by atoms with E-state index in [9.17, 15) is 0 Å². The van der Waals surface area contributed by atoms with Gasteiger partial charge in [-0.15, -0.1) is 13.2 Å². The minimum absolute atomic E-state index is 0.598. The fourth-order valence-corrected chi connectivity index (χ4v) is 2.01. The summed E-state index contributed by atoms with van der Waals surface area (Å²) in [6, 6.07) is 5.93. The molecule has 0 saturated carbocycles. The second kappa shape index (κ2) is 9.83. The molecule has 0 aliphatic heterocycles. The summed E-state index contributed by atoms with van der Waals surface area (Å²) < 4.78 is 11.2. The van der Waals surface area contributed by atoms with Crippen LogP contribution in [0.15, 0.2) is 49.6 Å². The molecule has 0 aliphatic rings. The van der Waals surface area contributed by atoms with Gasteiger partial charge in [-0.25, -0.2) is 0 Å². The van der Waals surface area contributed by atoms with Gasteiger partial charge in [-0.05, 0) is 24.6 Å². The summed E-state index contributed by atoms with van der Waals surface area (Å²) >= 11 is 0. The van der Waals surface area contributed by atoms with Gasteiger partial charge in [0.2, 0.25) is 0 Å². The molecule has 0 amide bonds. The van der Waals surface area contributed by atoms with Crippen molar-refractivity contribution in [2.24, 2.45) is 0 Å². The lowest BCUT2D eigenvalue weighted by molar-refractivity contribution is 0.229. The summed E-state index contributed by atoms with van der Waals surface area (Å²) in [6.45, 7) is 12.6. The maximum Gasteiger partial charge on any atom is 0.161 e. The van der Waals surface area contributed by atoms with E-state index in [0.717, 1.165) is 36.7 Å². The molecule has 0 heterocycles. The Kier molecular flexibility index (Phi) is 7.99. The Balaban J connectivity index is 2.61. The predicted molar refractivity (Wildman–Crippen MR) is 90.0 cm³/mol. The minimum Gasteiger partial charge on any atom is -0.493 e. The van der Waals surface area contributed by atoms with Crippen LogP contribution in [0.3, 0.4) is 0 Å². The van der Waals surface area contributed by atoms with Crippen molar-refractivity contribution in [3.8, 4) is 11.5 Å². The van der Waals surface area contributed by atoms with Crippen LogP contribution in [0.25, 0.3) is 6.08 Å². The van der Waals surface area contributed by atoms with Gasteiger partial charge in [0.05, 0.1) is 7.11 Å². The van der Waals surface area contributed by atoms with E-state index in [1.807, 2.05) is 49.4 Å². The van der Waals surface area contributed by atoms with E-state index in [4.69, 9.17) is 9.47 Å². The molecule has 0 spiro atoms. The summed E-state index contributed by atoms with van der Waals surface area (Å²) in [5.41, 5.74) is 1.10. The highest BCUT2D eigenvalue weighted by Gasteiger charge is 2.06. The number of hydrogen-bond acceptors (Lipinski definition) is 3. The Bertz CT molecular complexity index is 470. The number of benzene rings is 1. The molecule has 0 bridgehead atoms. The average molecular weight is 287 g/mol. The highest BCUT2D eigenvalue weighted by atomic mass is 16.5.